The summed E-state index contributed by atoms with van der Waals surface area (Å²) < 4.78 is 20.5. The lowest BCUT2D eigenvalue weighted by atomic mass is 9.86. The molecule has 0 saturated carbocycles. The normalized spacial score (nSPS) is 12.4. The number of furan rings is 3. The van der Waals surface area contributed by atoms with Gasteiger partial charge in [-0.2, -0.15) is 0 Å². The minimum absolute atomic E-state index is 0.861. The minimum Gasteiger partial charge on any atom is -0.456 e. The average Bonchev–Trinajstić information content (AvgIpc) is 3.94. The Labute approximate surface area is 288 Å². The van der Waals surface area contributed by atoms with Gasteiger partial charge in [-0.05, 0) is 81.2 Å². The topological polar surface area (TPSA) is 39.4 Å². The summed E-state index contributed by atoms with van der Waals surface area (Å²) in [7, 11) is 0. The van der Waals surface area contributed by atoms with Crippen LogP contribution in [0.2, 0.25) is 0 Å². The number of benzene rings is 8. The Bertz CT molecular complexity index is 3330. The van der Waals surface area contributed by atoms with Crippen LogP contribution in [0, 0.1) is 0 Å². The summed E-state index contributed by atoms with van der Waals surface area (Å²) in [6, 6.07) is 51.6. The van der Waals surface area contributed by atoms with Crippen LogP contribution < -0.4 is 0 Å². The Morgan fingerprint density at radius 2 is 0.800 bits per heavy atom. The zero-order valence-corrected chi connectivity index (χ0v) is 27.3. The fourth-order valence-corrected chi connectivity index (χ4v) is 9.62. The van der Waals surface area contributed by atoms with Crippen LogP contribution >= 0.6 is 11.3 Å². The summed E-state index contributed by atoms with van der Waals surface area (Å²) in [4.78, 5) is 1.25. The van der Waals surface area contributed by atoms with Gasteiger partial charge in [-0.15, -0.1) is 11.3 Å². The fourth-order valence-electron chi connectivity index (χ4n) is 8.47. The van der Waals surface area contributed by atoms with E-state index in [9.17, 15) is 0 Å². The molecule has 0 atom stereocenters. The number of fused-ring (bicyclic) bond motifs is 14. The molecular weight excluding hydrogens is 633 g/mol. The monoisotopic (exact) mass is 656 g/mol. The van der Waals surface area contributed by atoms with E-state index in [4.69, 9.17) is 13.3 Å². The van der Waals surface area contributed by atoms with E-state index in [2.05, 4.69) is 115 Å². The van der Waals surface area contributed by atoms with Crippen molar-refractivity contribution in [3.63, 3.8) is 0 Å². The molecule has 4 heterocycles. The SMILES string of the molecule is c1ccc2c(c1)oc1ccc3sc(-c4c5ccccc5c(-c5cccc6oc7ccc8oc9ccccc9c8c7c56)c5ccccc45)cc3c12. The molecule has 8 aromatic carbocycles. The van der Waals surface area contributed by atoms with Gasteiger partial charge in [-0.25, -0.2) is 0 Å². The van der Waals surface area contributed by atoms with Crippen molar-refractivity contribution in [2.45, 2.75) is 0 Å². The van der Waals surface area contributed by atoms with E-state index < -0.39 is 0 Å². The van der Waals surface area contributed by atoms with Gasteiger partial charge in [0.2, 0.25) is 0 Å². The highest BCUT2D eigenvalue weighted by Crippen LogP contribution is 2.50. The maximum absolute atomic E-state index is 6.60. The van der Waals surface area contributed by atoms with Gasteiger partial charge in [0, 0.05) is 52.8 Å². The Hall–Kier alpha value is -6.36. The summed E-state index contributed by atoms with van der Waals surface area (Å²) >= 11 is 1.85. The standard InChI is InChI=1S/C46H24O3S/c1-3-12-27-25(10-1)41(31-16-9-19-35-45(31)46-38(49-35)21-20-37-44(46)30-15-6-8-18-34(30)48-37)26-11-2-4-13-28(26)43(27)40-24-32-39(50-40)23-22-36-42(32)29-14-5-7-17-33(29)47-36/h1-24H. The van der Waals surface area contributed by atoms with Gasteiger partial charge >= 0.3 is 0 Å². The van der Waals surface area contributed by atoms with Crippen LogP contribution in [-0.2, 0) is 0 Å². The summed E-state index contributed by atoms with van der Waals surface area (Å²) in [6.07, 6.45) is 0. The average molecular weight is 657 g/mol. The molecule has 0 aliphatic carbocycles. The third-order valence-electron chi connectivity index (χ3n) is 10.5. The second-order valence-corrected chi connectivity index (χ2v) is 14.2. The van der Waals surface area contributed by atoms with Crippen molar-refractivity contribution in [1.29, 1.82) is 0 Å². The van der Waals surface area contributed by atoms with Crippen molar-refractivity contribution >= 4 is 109 Å². The Balaban J connectivity index is 1.21. The molecule has 0 fully saturated rings. The highest BCUT2D eigenvalue weighted by Gasteiger charge is 2.23. The number of rotatable bonds is 2. The minimum atomic E-state index is 0.861. The molecule has 12 rings (SSSR count). The zero-order chi connectivity index (χ0) is 32.5. The van der Waals surface area contributed by atoms with Crippen molar-refractivity contribution in [2.24, 2.45) is 0 Å². The van der Waals surface area contributed by atoms with E-state index in [-0.39, 0.29) is 0 Å². The predicted molar refractivity (Wildman–Crippen MR) is 210 cm³/mol. The number of hydrogen-bond acceptors (Lipinski definition) is 4. The Kier molecular flexibility index (Phi) is 5.12. The fraction of sp³-hybridized carbons (Fsp3) is 0. The first-order chi connectivity index (χ1) is 24.8. The third-order valence-corrected chi connectivity index (χ3v) is 11.6. The highest BCUT2D eigenvalue weighted by atomic mass is 32.1. The second kappa shape index (κ2) is 9.63. The summed E-state index contributed by atoms with van der Waals surface area (Å²) in [6.45, 7) is 0. The van der Waals surface area contributed by atoms with Gasteiger partial charge < -0.3 is 13.3 Å². The molecule has 0 saturated heterocycles. The van der Waals surface area contributed by atoms with Crippen LogP contribution in [0.1, 0.15) is 0 Å². The van der Waals surface area contributed by atoms with Gasteiger partial charge in [0.25, 0.3) is 0 Å². The third kappa shape index (κ3) is 3.43. The van der Waals surface area contributed by atoms with Crippen LogP contribution in [0.4, 0.5) is 0 Å². The van der Waals surface area contributed by atoms with Crippen molar-refractivity contribution in [2.75, 3.05) is 0 Å². The van der Waals surface area contributed by atoms with Gasteiger partial charge in [0.1, 0.15) is 33.5 Å². The van der Waals surface area contributed by atoms with Gasteiger partial charge in [0.05, 0.1) is 0 Å². The van der Waals surface area contributed by atoms with Gasteiger partial charge in [-0.3, -0.25) is 0 Å². The molecule has 0 unspecified atom stereocenters. The highest BCUT2D eigenvalue weighted by molar-refractivity contribution is 7.22. The first kappa shape index (κ1) is 26.6. The quantitative estimate of drug-likeness (QED) is 0.174. The number of hydrogen-bond donors (Lipinski definition) is 0. The van der Waals surface area contributed by atoms with E-state index in [0.717, 1.165) is 66.0 Å². The molecule has 12 aromatic rings. The first-order valence-corrected chi connectivity index (χ1v) is 17.7. The summed E-state index contributed by atoms with van der Waals surface area (Å²) in [5.41, 5.74) is 8.95. The van der Waals surface area contributed by atoms with E-state index in [1.807, 2.05) is 41.7 Å². The molecule has 0 N–H and O–H groups in total. The molecule has 0 amide bonds. The zero-order valence-electron chi connectivity index (χ0n) is 26.5. The van der Waals surface area contributed by atoms with E-state index in [0.29, 0.717) is 0 Å². The second-order valence-electron chi connectivity index (χ2n) is 13.1. The van der Waals surface area contributed by atoms with Crippen molar-refractivity contribution in [1.82, 2.24) is 0 Å². The van der Waals surface area contributed by atoms with Crippen LogP contribution in [0.25, 0.3) is 119 Å². The van der Waals surface area contributed by atoms with Crippen LogP contribution in [0.3, 0.4) is 0 Å². The largest absolute Gasteiger partial charge is 0.456 e. The summed E-state index contributed by atoms with van der Waals surface area (Å²) in [5.74, 6) is 0. The summed E-state index contributed by atoms with van der Waals surface area (Å²) in [5, 5.41) is 12.8. The Morgan fingerprint density at radius 1 is 0.320 bits per heavy atom. The van der Waals surface area contributed by atoms with E-state index in [1.165, 1.54) is 53.0 Å². The molecule has 0 radical (unpaired) electrons. The molecule has 0 aliphatic rings. The van der Waals surface area contributed by atoms with E-state index in [1.54, 1.807) is 0 Å². The predicted octanol–water partition coefficient (Wildman–Crippen LogP) is 14.2. The molecule has 50 heavy (non-hydrogen) atoms. The molecule has 0 aliphatic heterocycles. The molecule has 4 heteroatoms. The smallest absolute Gasteiger partial charge is 0.136 e. The molecular formula is C46H24O3S. The molecule has 0 bridgehead atoms. The molecule has 232 valence electrons. The number of para-hydroxylation sites is 2. The lowest BCUT2D eigenvalue weighted by molar-refractivity contribution is 0.663. The molecule has 4 aromatic heterocycles. The molecule has 3 nitrogen and oxygen atoms in total. The van der Waals surface area contributed by atoms with Gasteiger partial charge in [0.15, 0.2) is 0 Å². The Morgan fingerprint density at radius 3 is 1.48 bits per heavy atom. The maximum atomic E-state index is 6.60. The first-order valence-electron chi connectivity index (χ1n) is 16.8. The van der Waals surface area contributed by atoms with Gasteiger partial charge in [-0.1, -0.05) is 97.1 Å². The van der Waals surface area contributed by atoms with E-state index >= 15 is 0 Å². The van der Waals surface area contributed by atoms with Crippen LogP contribution in [0.5, 0.6) is 0 Å². The van der Waals surface area contributed by atoms with Crippen LogP contribution in [0.15, 0.2) is 159 Å². The number of thiophene rings is 1. The van der Waals surface area contributed by atoms with Crippen LogP contribution in [-0.4, -0.2) is 0 Å². The lowest BCUT2D eigenvalue weighted by Gasteiger charge is -2.17. The van der Waals surface area contributed by atoms with Crippen molar-refractivity contribution in [3.8, 4) is 21.6 Å². The maximum Gasteiger partial charge on any atom is 0.136 e. The lowest BCUT2D eigenvalue weighted by Crippen LogP contribution is -1.90. The molecule has 0 spiro atoms. The van der Waals surface area contributed by atoms with Crippen molar-refractivity contribution < 1.29 is 13.3 Å². The van der Waals surface area contributed by atoms with Crippen molar-refractivity contribution in [3.05, 3.63) is 146 Å².